The molecular weight excluding hydrogens is 614 g/mol. The predicted octanol–water partition coefficient (Wildman–Crippen LogP) is 5.92. The van der Waals surface area contributed by atoms with Crippen molar-refractivity contribution >= 4 is 43.5 Å². The number of benzene rings is 3. The first-order chi connectivity index (χ1) is 20.0. The average molecular weight is 655 g/mol. The van der Waals surface area contributed by atoms with Crippen LogP contribution in [0.1, 0.15) is 54.4 Å². The summed E-state index contributed by atoms with van der Waals surface area (Å²) in [5, 5.41) is 3.23. The van der Waals surface area contributed by atoms with Crippen LogP contribution in [0.4, 0.5) is 5.69 Å². The van der Waals surface area contributed by atoms with E-state index in [1.807, 2.05) is 68.4 Å². The first-order valence-corrected chi connectivity index (χ1v) is 17.1. The monoisotopic (exact) mass is 653 g/mol. The van der Waals surface area contributed by atoms with Gasteiger partial charge in [0.05, 0.1) is 11.9 Å². The molecule has 42 heavy (non-hydrogen) atoms. The van der Waals surface area contributed by atoms with Gasteiger partial charge in [0.2, 0.25) is 21.8 Å². The van der Waals surface area contributed by atoms with Crippen LogP contribution in [-0.4, -0.2) is 50.0 Å². The zero-order valence-electron chi connectivity index (χ0n) is 24.6. The molecular formula is C33H40BrN3O4S. The summed E-state index contributed by atoms with van der Waals surface area (Å²) in [6, 6.07) is 21.9. The van der Waals surface area contributed by atoms with Crippen LogP contribution < -0.4 is 9.62 Å². The fraction of sp³-hybridized carbons (Fsp3) is 0.394. The Morgan fingerprint density at radius 2 is 1.60 bits per heavy atom. The summed E-state index contributed by atoms with van der Waals surface area (Å²) >= 11 is 3.46. The number of carbonyl (C=O) groups is 2. The Hall–Kier alpha value is -3.17. The van der Waals surface area contributed by atoms with E-state index in [4.69, 9.17) is 0 Å². The minimum Gasteiger partial charge on any atom is -0.352 e. The second-order valence-electron chi connectivity index (χ2n) is 11.3. The lowest BCUT2D eigenvalue weighted by atomic mass is 9.94. The molecule has 3 aromatic carbocycles. The van der Waals surface area contributed by atoms with Gasteiger partial charge >= 0.3 is 0 Å². The van der Waals surface area contributed by atoms with Crippen molar-refractivity contribution in [3.8, 4) is 0 Å². The fourth-order valence-corrected chi connectivity index (χ4v) is 6.47. The summed E-state index contributed by atoms with van der Waals surface area (Å²) < 4.78 is 28.0. The molecule has 1 unspecified atom stereocenters. The van der Waals surface area contributed by atoms with E-state index in [1.54, 1.807) is 23.1 Å². The Balaban J connectivity index is 1.72. The highest BCUT2D eigenvalue weighted by atomic mass is 79.9. The average Bonchev–Trinajstić information content (AvgIpc) is 2.96. The quantitative estimate of drug-likeness (QED) is 0.278. The van der Waals surface area contributed by atoms with E-state index >= 15 is 0 Å². The molecule has 224 valence electrons. The highest BCUT2D eigenvalue weighted by Crippen LogP contribution is 2.26. The molecule has 1 fully saturated rings. The molecule has 0 saturated heterocycles. The van der Waals surface area contributed by atoms with Crippen molar-refractivity contribution < 1.29 is 18.0 Å². The van der Waals surface area contributed by atoms with Crippen LogP contribution in [0.2, 0.25) is 0 Å². The Bertz CT molecular complexity index is 1470. The Kier molecular flexibility index (Phi) is 10.8. The number of sulfonamides is 1. The van der Waals surface area contributed by atoms with Crippen LogP contribution in [0.15, 0.2) is 77.3 Å². The smallest absolute Gasteiger partial charge is 0.244 e. The maximum Gasteiger partial charge on any atom is 0.244 e. The minimum absolute atomic E-state index is 0.0686. The molecule has 1 aliphatic rings. The lowest BCUT2D eigenvalue weighted by Crippen LogP contribution is -2.55. The summed E-state index contributed by atoms with van der Waals surface area (Å²) in [5.74, 6) is -0.655. The van der Waals surface area contributed by atoms with Crippen LogP contribution in [0.3, 0.4) is 0 Å². The van der Waals surface area contributed by atoms with Crippen LogP contribution in [0.5, 0.6) is 0 Å². The number of hydrogen-bond donors (Lipinski definition) is 1. The number of aryl methyl sites for hydroxylation is 2. The summed E-state index contributed by atoms with van der Waals surface area (Å²) in [7, 11) is -3.81. The van der Waals surface area contributed by atoms with Gasteiger partial charge in [0.15, 0.2) is 0 Å². The minimum atomic E-state index is -3.81. The third kappa shape index (κ3) is 8.67. The summed E-state index contributed by atoms with van der Waals surface area (Å²) in [5.41, 5.74) is 4.11. The third-order valence-electron chi connectivity index (χ3n) is 7.80. The van der Waals surface area contributed by atoms with Gasteiger partial charge in [-0.15, -0.1) is 0 Å². The van der Waals surface area contributed by atoms with Crippen LogP contribution in [0, 0.1) is 13.8 Å². The van der Waals surface area contributed by atoms with Crippen molar-refractivity contribution in [1.82, 2.24) is 10.2 Å². The lowest BCUT2D eigenvalue weighted by Gasteiger charge is -2.35. The van der Waals surface area contributed by atoms with Crippen LogP contribution >= 0.6 is 15.9 Å². The second kappa shape index (κ2) is 14.3. The number of anilines is 1. The number of halogens is 1. The second-order valence-corrected chi connectivity index (χ2v) is 14.0. The Labute approximate surface area is 258 Å². The molecule has 0 aromatic heterocycles. The first-order valence-electron chi connectivity index (χ1n) is 14.4. The molecule has 1 N–H and O–H groups in total. The maximum absolute atomic E-state index is 14.3. The van der Waals surface area contributed by atoms with Crippen molar-refractivity contribution in [3.05, 3.63) is 99.5 Å². The van der Waals surface area contributed by atoms with Crippen molar-refractivity contribution in [2.75, 3.05) is 17.1 Å². The Morgan fingerprint density at radius 3 is 2.21 bits per heavy atom. The van der Waals surface area contributed by atoms with Crippen LogP contribution in [0.25, 0.3) is 0 Å². The number of nitrogens with one attached hydrogen (secondary N) is 1. The fourth-order valence-electron chi connectivity index (χ4n) is 5.39. The largest absolute Gasteiger partial charge is 0.352 e. The molecule has 0 heterocycles. The Morgan fingerprint density at radius 1 is 0.929 bits per heavy atom. The maximum atomic E-state index is 14.3. The molecule has 0 radical (unpaired) electrons. The number of nitrogens with zero attached hydrogens (tertiary/aromatic N) is 2. The van der Waals surface area contributed by atoms with E-state index < -0.39 is 28.5 Å². The molecule has 0 bridgehead atoms. The molecule has 2 amide bonds. The zero-order chi connectivity index (χ0) is 30.3. The van der Waals surface area contributed by atoms with Gasteiger partial charge < -0.3 is 10.2 Å². The van der Waals surface area contributed by atoms with Gasteiger partial charge in [0.25, 0.3) is 0 Å². The van der Waals surface area contributed by atoms with Crippen molar-refractivity contribution in [2.45, 2.75) is 71.0 Å². The lowest BCUT2D eigenvalue weighted by molar-refractivity contribution is -0.140. The van der Waals surface area contributed by atoms with E-state index in [-0.39, 0.29) is 18.5 Å². The summed E-state index contributed by atoms with van der Waals surface area (Å²) in [6.45, 7) is 3.61. The number of rotatable bonds is 11. The van der Waals surface area contributed by atoms with Crippen molar-refractivity contribution in [2.24, 2.45) is 0 Å². The molecule has 4 rings (SSSR count). The molecule has 1 saturated carbocycles. The van der Waals surface area contributed by atoms with E-state index in [0.29, 0.717) is 12.1 Å². The van der Waals surface area contributed by atoms with Crippen molar-refractivity contribution in [1.29, 1.82) is 0 Å². The van der Waals surface area contributed by atoms with E-state index in [9.17, 15) is 18.0 Å². The van der Waals surface area contributed by atoms with Gasteiger partial charge in [-0.3, -0.25) is 13.9 Å². The van der Waals surface area contributed by atoms with Gasteiger partial charge in [-0.05, 0) is 61.6 Å². The third-order valence-corrected chi connectivity index (χ3v) is 9.84. The van der Waals surface area contributed by atoms with Crippen molar-refractivity contribution in [3.63, 3.8) is 0 Å². The van der Waals surface area contributed by atoms with E-state index in [1.165, 1.54) is 0 Å². The molecule has 1 atom stereocenters. The highest BCUT2D eigenvalue weighted by Gasteiger charge is 2.34. The summed E-state index contributed by atoms with van der Waals surface area (Å²) in [4.78, 5) is 29.8. The van der Waals surface area contributed by atoms with Crippen LogP contribution in [-0.2, 0) is 32.6 Å². The zero-order valence-corrected chi connectivity index (χ0v) is 27.0. The SMILES string of the molecule is Cc1ccc(CN(C(=O)CN(c2ccc(Br)c(C)c2)S(C)(=O)=O)C(Cc2ccccc2)C(=O)NC2CCCCC2)cc1. The van der Waals surface area contributed by atoms with Gasteiger partial charge in [-0.1, -0.05) is 95.4 Å². The molecule has 9 heteroatoms. The molecule has 7 nitrogen and oxygen atoms in total. The van der Waals surface area contributed by atoms with E-state index in [2.05, 4.69) is 21.2 Å². The van der Waals surface area contributed by atoms with E-state index in [0.717, 1.165) is 69.4 Å². The predicted molar refractivity (Wildman–Crippen MR) is 172 cm³/mol. The number of hydrogen-bond acceptors (Lipinski definition) is 4. The topological polar surface area (TPSA) is 86.8 Å². The van der Waals surface area contributed by atoms with Gasteiger partial charge in [0.1, 0.15) is 12.6 Å². The molecule has 3 aromatic rings. The number of amides is 2. The summed E-state index contributed by atoms with van der Waals surface area (Å²) in [6.07, 6.45) is 6.54. The molecule has 0 aliphatic heterocycles. The number of carbonyl (C=O) groups excluding carboxylic acids is 2. The molecule has 1 aliphatic carbocycles. The van der Waals surface area contributed by atoms with Gasteiger partial charge in [-0.2, -0.15) is 0 Å². The first kappa shape index (κ1) is 31.8. The highest BCUT2D eigenvalue weighted by molar-refractivity contribution is 9.10. The normalized spacial score (nSPS) is 14.7. The standard InChI is InChI=1S/C33H40BrN3O4S/c1-24-14-16-27(17-15-24)22-36(32(38)23-37(42(3,40)41)29-18-19-30(34)25(2)20-29)31(21-26-10-6-4-7-11-26)33(39)35-28-12-8-5-9-13-28/h4,6-7,10-11,14-20,28,31H,5,8-9,12-13,21-23H2,1-3H3,(H,35,39). The molecule has 0 spiro atoms. The van der Waals surface area contributed by atoms with Gasteiger partial charge in [0, 0.05) is 23.5 Å². The van der Waals surface area contributed by atoms with Gasteiger partial charge in [-0.25, -0.2) is 8.42 Å².